The molecule has 1 fully saturated rings. The molecule has 0 radical (unpaired) electrons. The first-order chi connectivity index (χ1) is 13.4. The van der Waals surface area contributed by atoms with Gasteiger partial charge in [-0.05, 0) is 41.2 Å². The average Bonchev–Trinajstić information content (AvgIpc) is 2.93. The minimum absolute atomic E-state index is 0. The zero-order chi connectivity index (χ0) is 19.8. The molecule has 3 aromatic rings. The van der Waals surface area contributed by atoms with Gasteiger partial charge >= 0.3 is 0 Å². The van der Waals surface area contributed by atoms with Crippen LogP contribution in [0, 0.1) is 5.41 Å². The van der Waals surface area contributed by atoms with Crippen molar-refractivity contribution in [3.05, 3.63) is 65.7 Å². The maximum absolute atomic E-state index is 2.52. The summed E-state index contributed by atoms with van der Waals surface area (Å²) in [6.45, 7) is 9.46. The molecule has 0 aliphatic heterocycles. The van der Waals surface area contributed by atoms with Gasteiger partial charge in [0.15, 0.2) is 0 Å². The first kappa shape index (κ1) is 28.5. The predicted octanol–water partition coefficient (Wildman–Crippen LogP) is 9.27. The Labute approximate surface area is 220 Å². The van der Waals surface area contributed by atoms with Crippen molar-refractivity contribution in [1.82, 2.24) is 0 Å². The minimum atomic E-state index is 0. The third-order valence-corrected chi connectivity index (χ3v) is 6.78. The van der Waals surface area contributed by atoms with Gasteiger partial charge < -0.3 is 0 Å². The maximum Gasteiger partial charge on any atom is 0 e. The monoisotopic (exact) mass is 533 g/mol. The first-order valence-electron chi connectivity index (χ1n) is 11.1. The van der Waals surface area contributed by atoms with Crippen LogP contribution in [-0.4, -0.2) is 0 Å². The normalized spacial score (nSPS) is 15.9. The minimum Gasteiger partial charge on any atom is -0.164 e. The SMILES string of the molecule is CC1(Cc2cc3c(-c4ccccc4C(C)(C)C)cccc3[cH-]2)CCCCCC1.Cl.Cl.[Zr]. The molecule has 3 aromatic carbocycles. The molecule has 168 valence electrons. The number of halogens is 2. The second-order valence-corrected chi connectivity index (χ2v) is 10.4. The molecule has 0 unspecified atom stereocenters. The second-order valence-electron chi connectivity index (χ2n) is 10.4. The van der Waals surface area contributed by atoms with Crippen LogP contribution in [0.4, 0.5) is 0 Å². The van der Waals surface area contributed by atoms with Gasteiger partial charge in [0.25, 0.3) is 0 Å². The molecule has 0 bridgehead atoms. The summed E-state index contributed by atoms with van der Waals surface area (Å²) in [5, 5.41) is 2.82. The number of hydrogen-bond donors (Lipinski definition) is 0. The van der Waals surface area contributed by atoms with Crippen LogP contribution in [0.3, 0.4) is 0 Å². The van der Waals surface area contributed by atoms with Crippen LogP contribution >= 0.6 is 24.8 Å². The molecule has 0 nitrogen and oxygen atoms in total. The topological polar surface area (TPSA) is 0 Å². The predicted molar refractivity (Wildman–Crippen MR) is 138 cm³/mol. The maximum atomic E-state index is 2.52. The van der Waals surface area contributed by atoms with Crippen LogP contribution in [0.2, 0.25) is 0 Å². The number of fused-ring (bicyclic) bond motifs is 1. The van der Waals surface area contributed by atoms with E-state index in [1.807, 2.05) is 0 Å². The molecular formula is C28H37Cl2Zr-. The van der Waals surface area contributed by atoms with E-state index in [2.05, 4.69) is 82.3 Å². The fraction of sp³-hybridized carbons (Fsp3) is 0.464. The summed E-state index contributed by atoms with van der Waals surface area (Å²) in [7, 11) is 0. The van der Waals surface area contributed by atoms with E-state index < -0.39 is 0 Å². The first-order valence-corrected chi connectivity index (χ1v) is 11.1. The Morgan fingerprint density at radius 2 is 1.45 bits per heavy atom. The van der Waals surface area contributed by atoms with Crippen LogP contribution in [-0.2, 0) is 38.0 Å². The Kier molecular flexibility index (Phi) is 10.7. The molecule has 0 N–H and O–H groups in total. The fourth-order valence-corrected chi connectivity index (χ4v) is 5.26. The Morgan fingerprint density at radius 1 is 0.839 bits per heavy atom. The standard InChI is InChI=1S/C28H35.2ClH.Zr/c1-27(2,3)26-15-8-7-13-24(26)23-14-11-12-22-18-21(19-25(22)23)20-28(4)16-9-5-6-10-17-28;;;/h7-8,11-15,18-19H,5-6,9-10,16-17,20H2,1-4H3;2*1H;/q-1;;;. The van der Waals surface area contributed by atoms with Gasteiger partial charge in [-0.3, -0.25) is 0 Å². The fourth-order valence-electron chi connectivity index (χ4n) is 5.26. The third-order valence-electron chi connectivity index (χ3n) is 6.78. The Hall–Kier alpha value is -0.487. The summed E-state index contributed by atoms with van der Waals surface area (Å²) >= 11 is 0. The number of benzene rings is 2. The molecule has 1 aliphatic carbocycles. The van der Waals surface area contributed by atoms with Gasteiger partial charge in [-0.15, -0.1) is 59.3 Å². The molecule has 0 aromatic heterocycles. The molecular weight excluding hydrogens is 498 g/mol. The van der Waals surface area contributed by atoms with E-state index in [1.165, 1.54) is 78.0 Å². The molecule has 31 heavy (non-hydrogen) atoms. The van der Waals surface area contributed by atoms with Crippen LogP contribution < -0.4 is 0 Å². The summed E-state index contributed by atoms with van der Waals surface area (Å²) in [4.78, 5) is 0. The van der Waals surface area contributed by atoms with Crippen molar-refractivity contribution < 1.29 is 26.2 Å². The van der Waals surface area contributed by atoms with E-state index in [0.717, 1.165) is 0 Å². The third kappa shape index (κ3) is 6.53. The summed E-state index contributed by atoms with van der Waals surface area (Å²) in [5.74, 6) is 0. The molecule has 0 spiro atoms. The molecule has 1 aliphatic rings. The van der Waals surface area contributed by atoms with Gasteiger partial charge in [-0.2, -0.15) is 6.07 Å². The Bertz CT molecular complexity index is 957. The van der Waals surface area contributed by atoms with Crippen molar-refractivity contribution in [2.75, 3.05) is 0 Å². The van der Waals surface area contributed by atoms with Gasteiger partial charge in [0.05, 0.1) is 0 Å². The zero-order valence-corrected chi connectivity index (χ0v) is 23.6. The molecule has 0 saturated heterocycles. The van der Waals surface area contributed by atoms with E-state index in [9.17, 15) is 0 Å². The van der Waals surface area contributed by atoms with Crippen LogP contribution in [0.1, 0.15) is 77.3 Å². The van der Waals surface area contributed by atoms with Crippen LogP contribution in [0.15, 0.2) is 54.6 Å². The van der Waals surface area contributed by atoms with E-state index in [-0.39, 0.29) is 56.4 Å². The molecule has 0 amide bonds. The van der Waals surface area contributed by atoms with Gasteiger partial charge in [-0.1, -0.05) is 89.3 Å². The van der Waals surface area contributed by atoms with Crippen molar-refractivity contribution in [3.63, 3.8) is 0 Å². The van der Waals surface area contributed by atoms with Crippen LogP contribution in [0.25, 0.3) is 21.9 Å². The average molecular weight is 536 g/mol. The number of hydrogen-bond acceptors (Lipinski definition) is 0. The molecule has 3 heteroatoms. The van der Waals surface area contributed by atoms with Gasteiger partial charge in [0.2, 0.25) is 0 Å². The zero-order valence-electron chi connectivity index (χ0n) is 19.5. The van der Waals surface area contributed by atoms with Gasteiger partial charge in [-0.25, -0.2) is 0 Å². The van der Waals surface area contributed by atoms with E-state index >= 15 is 0 Å². The molecule has 4 rings (SSSR count). The smallest absolute Gasteiger partial charge is 0 e. The number of rotatable bonds is 3. The van der Waals surface area contributed by atoms with E-state index in [4.69, 9.17) is 0 Å². The Morgan fingerprint density at radius 3 is 2.10 bits per heavy atom. The van der Waals surface area contributed by atoms with Crippen molar-refractivity contribution >= 4 is 35.6 Å². The molecule has 0 atom stereocenters. The van der Waals surface area contributed by atoms with E-state index in [0.29, 0.717) is 5.41 Å². The van der Waals surface area contributed by atoms with Gasteiger partial charge in [0, 0.05) is 26.2 Å². The molecule has 0 heterocycles. The quantitative estimate of drug-likeness (QED) is 0.232. The largest absolute Gasteiger partial charge is 0.164 e. The van der Waals surface area contributed by atoms with E-state index in [1.54, 1.807) is 0 Å². The van der Waals surface area contributed by atoms with Crippen molar-refractivity contribution in [3.8, 4) is 11.1 Å². The summed E-state index contributed by atoms with van der Waals surface area (Å²) in [6.07, 6.45) is 9.64. The molecule has 1 saturated carbocycles. The van der Waals surface area contributed by atoms with Gasteiger partial charge in [0.1, 0.15) is 0 Å². The summed E-state index contributed by atoms with van der Waals surface area (Å²) < 4.78 is 0. The summed E-state index contributed by atoms with van der Waals surface area (Å²) in [6, 6.07) is 20.7. The van der Waals surface area contributed by atoms with Crippen molar-refractivity contribution in [1.29, 1.82) is 0 Å². The summed E-state index contributed by atoms with van der Waals surface area (Å²) in [5.41, 5.74) is 6.35. The Balaban J connectivity index is 0.00000160. The van der Waals surface area contributed by atoms with Crippen molar-refractivity contribution in [2.24, 2.45) is 5.41 Å². The van der Waals surface area contributed by atoms with Crippen molar-refractivity contribution in [2.45, 2.75) is 78.1 Å². The second kappa shape index (κ2) is 11.6. The van der Waals surface area contributed by atoms with Crippen LogP contribution in [0.5, 0.6) is 0 Å².